The minimum Gasteiger partial charge on any atom is -0.480 e. The summed E-state index contributed by atoms with van der Waals surface area (Å²) in [5, 5.41) is 22.5. The third kappa shape index (κ3) is 4.37. The lowest BCUT2D eigenvalue weighted by Crippen LogP contribution is -2.44. The van der Waals surface area contributed by atoms with Gasteiger partial charge in [0.2, 0.25) is 0 Å². The highest BCUT2D eigenvalue weighted by Crippen LogP contribution is 2.27. The van der Waals surface area contributed by atoms with Gasteiger partial charge in [-0.1, -0.05) is 31.5 Å². The van der Waals surface area contributed by atoms with E-state index in [0.29, 0.717) is 11.1 Å². The van der Waals surface area contributed by atoms with E-state index in [0.717, 1.165) is 0 Å². The van der Waals surface area contributed by atoms with E-state index in [4.69, 9.17) is 16.7 Å². The molecule has 0 radical (unpaired) electrons. The second-order valence-electron chi connectivity index (χ2n) is 6.03. The molecule has 1 amide bonds. The van der Waals surface area contributed by atoms with E-state index in [1.807, 2.05) is 0 Å². The topological polar surface area (TPSA) is 110 Å². The summed E-state index contributed by atoms with van der Waals surface area (Å²) in [6.45, 7) is 3.39. The number of halogens is 1. The number of benzene rings is 2. The molecule has 0 aliphatic heterocycles. The van der Waals surface area contributed by atoms with Crippen LogP contribution in [-0.2, 0) is 4.79 Å². The largest absolute Gasteiger partial charge is 0.480 e. The number of carbonyl (C=O) groups is 2. The van der Waals surface area contributed by atoms with Crippen LogP contribution in [0, 0.1) is 16.0 Å². The number of hydrogen-bond donors (Lipinski definition) is 2. The Bertz CT molecular complexity index is 849. The van der Waals surface area contributed by atoms with Gasteiger partial charge in [0.25, 0.3) is 11.6 Å². The number of nitro groups is 1. The van der Waals surface area contributed by atoms with Gasteiger partial charge in [0.15, 0.2) is 0 Å². The average Bonchev–Trinajstić information content (AvgIpc) is 2.58. The molecule has 0 unspecified atom stereocenters. The molecule has 0 bridgehead atoms. The van der Waals surface area contributed by atoms with Gasteiger partial charge >= 0.3 is 5.97 Å². The van der Waals surface area contributed by atoms with Gasteiger partial charge in [0.05, 0.1) is 15.5 Å². The van der Waals surface area contributed by atoms with Crippen LogP contribution < -0.4 is 5.32 Å². The summed E-state index contributed by atoms with van der Waals surface area (Å²) in [4.78, 5) is 33.7. The first-order valence-electron chi connectivity index (χ1n) is 7.78. The maximum Gasteiger partial charge on any atom is 0.326 e. The summed E-state index contributed by atoms with van der Waals surface area (Å²) in [7, 11) is 0. The lowest BCUT2D eigenvalue weighted by atomic mass is 10.0. The van der Waals surface area contributed by atoms with Gasteiger partial charge in [-0.15, -0.1) is 0 Å². The predicted molar refractivity (Wildman–Crippen MR) is 97.3 cm³/mol. The Balaban J connectivity index is 2.24. The minimum absolute atomic E-state index is 0.0238. The number of nitrogens with zero attached hydrogens (tertiary/aromatic N) is 1. The molecule has 8 heteroatoms. The maximum absolute atomic E-state index is 12.3. The zero-order valence-corrected chi connectivity index (χ0v) is 14.9. The molecule has 0 aliphatic carbocycles. The third-order valence-electron chi connectivity index (χ3n) is 3.84. The zero-order chi connectivity index (χ0) is 19.4. The van der Waals surface area contributed by atoms with Crippen LogP contribution in [-0.4, -0.2) is 27.9 Å². The molecule has 2 aromatic rings. The van der Waals surface area contributed by atoms with Crippen molar-refractivity contribution in [2.75, 3.05) is 0 Å². The van der Waals surface area contributed by atoms with E-state index in [-0.39, 0.29) is 22.2 Å². The fourth-order valence-corrected chi connectivity index (χ4v) is 2.65. The summed E-state index contributed by atoms with van der Waals surface area (Å²) < 4.78 is 0. The number of carboxylic acid groups (broad SMARTS) is 1. The number of aliphatic carboxylic acids is 1. The number of carbonyl (C=O) groups excluding carboxylic acids is 1. The van der Waals surface area contributed by atoms with Gasteiger partial charge in [-0.3, -0.25) is 14.9 Å². The highest BCUT2D eigenvalue weighted by molar-refractivity contribution is 6.34. The fourth-order valence-electron chi connectivity index (χ4n) is 2.39. The summed E-state index contributed by atoms with van der Waals surface area (Å²) >= 11 is 6.18. The van der Waals surface area contributed by atoms with Crippen molar-refractivity contribution in [2.24, 2.45) is 5.92 Å². The normalized spacial score (nSPS) is 11.8. The van der Waals surface area contributed by atoms with Gasteiger partial charge in [-0.05, 0) is 41.3 Å². The van der Waals surface area contributed by atoms with Gasteiger partial charge < -0.3 is 10.4 Å². The van der Waals surface area contributed by atoms with Crippen LogP contribution >= 0.6 is 11.6 Å². The minimum atomic E-state index is -1.12. The molecule has 0 spiro atoms. The first-order chi connectivity index (χ1) is 12.2. The first-order valence-corrected chi connectivity index (χ1v) is 8.16. The SMILES string of the molecule is CC(C)[C@H](NC(=O)c1ccc(-c2ccc([N+](=O)[O-])cc2)cc1Cl)C(=O)O. The monoisotopic (exact) mass is 376 g/mol. The number of nitro benzene ring substituents is 1. The standard InChI is InChI=1S/C18H17ClN2O5/c1-10(2)16(18(23)24)20-17(22)14-8-5-12(9-15(14)19)11-3-6-13(7-4-11)21(25)26/h3-10,16H,1-2H3,(H,20,22)(H,23,24)/t16-/m0/s1. The van der Waals surface area contributed by atoms with Crippen molar-refractivity contribution in [3.8, 4) is 11.1 Å². The van der Waals surface area contributed by atoms with E-state index in [9.17, 15) is 19.7 Å². The Kier molecular flexibility index (Phi) is 5.94. The first kappa shape index (κ1) is 19.4. The van der Waals surface area contributed by atoms with Crippen molar-refractivity contribution in [1.29, 1.82) is 0 Å². The van der Waals surface area contributed by atoms with Crippen molar-refractivity contribution in [2.45, 2.75) is 19.9 Å². The molecular weight excluding hydrogens is 360 g/mol. The second-order valence-corrected chi connectivity index (χ2v) is 6.44. The Labute approximate surface area is 154 Å². The molecule has 0 fully saturated rings. The van der Waals surface area contributed by atoms with Crippen molar-refractivity contribution in [1.82, 2.24) is 5.32 Å². The van der Waals surface area contributed by atoms with Gasteiger partial charge in [0.1, 0.15) is 6.04 Å². The van der Waals surface area contributed by atoms with Crippen LogP contribution in [0.25, 0.3) is 11.1 Å². The number of carboxylic acids is 1. The highest BCUT2D eigenvalue weighted by Gasteiger charge is 2.24. The molecule has 1 atom stereocenters. The van der Waals surface area contributed by atoms with E-state index < -0.39 is 22.8 Å². The lowest BCUT2D eigenvalue weighted by molar-refractivity contribution is -0.384. The van der Waals surface area contributed by atoms with E-state index in [2.05, 4.69) is 5.32 Å². The number of amides is 1. The number of rotatable bonds is 6. The molecule has 0 aliphatic rings. The summed E-state index contributed by atoms with van der Waals surface area (Å²) in [6, 6.07) is 9.61. The Morgan fingerprint density at radius 1 is 1.12 bits per heavy atom. The Hall–Kier alpha value is -2.93. The summed E-state index contributed by atoms with van der Waals surface area (Å²) in [6.07, 6.45) is 0. The number of non-ortho nitro benzene ring substituents is 1. The van der Waals surface area contributed by atoms with Crippen LogP contribution in [0.1, 0.15) is 24.2 Å². The molecule has 0 heterocycles. The molecule has 2 N–H and O–H groups in total. The molecule has 7 nitrogen and oxygen atoms in total. The van der Waals surface area contributed by atoms with Crippen LogP contribution in [0.5, 0.6) is 0 Å². The molecular formula is C18H17ClN2O5. The van der Waals surface area contributed by atoms with Gasteiger partial charge in [-0.25, -0.2) is 4.79 Å². The van der Waals surface area contributed by atoms with Crippen LogP contribution in [0.4, 0.5) is 5.69 Å². The molecule has 136 valence electrons. The zero-order valence-electron chi connectivity index (χ0n) is 14.1. The number of nitrogens with one attached hydrogen (secondary N) is 1. The molecule has 0 saturated heterocycles. The smallest absolute Gasteiger partial charge is 0.326 e. The lowest BCUT2D eigenvalue weighted by Gasteiger charge is -2.18. The molecule has 26 heavy (non-hydrogen) atoms. The summed E-state index contributed by atoms with van der Waals surface area (Å²) in [5.74, 6) is -1.98. The third-order valence-corrected chi connectivity index (χ3v) is 4.16. The summed E-state index contributed by atoms with van der Waals surface area (Å²) in [5.41, 5.74) is 1.52. The maximum atomic E-state index is 12.3. The van der Waals surface area contributed by atoms with Crippen LogP contribution in [0.15, 0.2) is 42.5 Å². The van der Waals surface area contributed by atoms with Crippen LogP contribution in [0.2, 0.25) is 5.02 Å². The molecule has 0 saturated carbocycles. The molecule has 2 rings (SSSR count). The van der Waals surface area contributed by atoms with Crippen LogP contribution in [0.3, 0.4) is 0 Å². The second kappa shape index (κ2) is 7.97. The predicted octanol–water partition coefficient (Wildman–Crippen LogP) is 3.75. The van der Waals surface area contributed by atoms with Crippen molar-refractivity contribution >= 4 is 29.2 Å². The Morgan fingerprint density at radius 3 is 2.15 bits per heavy atom. The molecule has 2 aromatic carbocycles. The van der Waals surface area contributed by atoms with Gasteiger partial charge in [-0.2, -0.15) is 0 Å². The van der Waals surface area contributed by atoms with E-state index in [1.54, 1.807) is 38.1 Å². The fraction of sp³-hybridized carbons (Fsp3) is 0.222. The number of hydrogen-bond acceptors (Lipinski definition) is 4. The highest BCUT2D eigenvalue weighted by atomic mass is 35.5. The van der Waals surface area contributed by atoms with Crippen molar-refractivity contribution < 1.29 is 19.6 Å². The molecule has 0 aromatic heterocycles. The van der Waals surface area contributed by atoms with E-state index in [1.165, 1.54) is 18.2 Å². The van der Waals surface area contributed by atoms with Crippen molar-refractivity contribution in [3.63, 3.8) is 0 Å². The van der Waals surface area contributed by atoms with Crippen molar-refractivity contribution in [3.05, 3.63) is 63.2 Å². The van der Waals surface area contributed by atoms with Gasteiger partial charge in [0, 0.05) is 12.1 Å². The average molecular weight is 377 g/mol. The Morgan fingerprint density at radius 2 is 1.69 bits per heavy atom. The van der Waals surface area contributed by atoms with E-state index >= 15 is 0 Å². The quantitative estimate of drug-likeness (QED) is 0.589.